The summed E-state index contributed by atoms with van der Waals surface area (Å²) in [5.41, 5.74) is 2.19. The number of halogens is 1. The van der Waals surface area contributed by atoms with Gasteiger partial charge in [0.2, 0.25) is 5.91 Å². The number of rotatable bonds is 5. The van der Waals surface area contributed by atoms with Crippen molar-refractivity contribution < 1.29 is 9.59 Å². The van der Waals surface area contributed by atoms with E-state index in [4.69, 9.17) is 11.6 Å². The second kappa shape index (κ2) is 8.53. The summed E-state index contributed by atoms with van der Waals surface area (Å²) in [5, 5.41) is 8.90. The molecule has 1 atom stereocenters. The normalized spacial score (nSPS) is 11.7. The van der Waals surface area contributed by atoms with Gasteiger partial charge in [0, 0.05) is 16.4 Å². The summed E-state index contributed by atoms with van der Waals surface area (Å²) in [6.45, 7) is 5.62. The number of urea groups is 1. The van der Waals surface area contributed by atoms with Crippen LogP contribution in [0.4, 0.5) is 16.2 Å². The van der Waals surface area contributed by atoms with E-state index in [9.17, 15) is 9.59 Å². The lowest BCUT2D eigenvalue weighted by atomic mass is 10.0. The summed E-state index contributed by atoms with van der Waals surface area (Å²) in [6.07, 6.45) is 0. The van der Waals surface area contributed by atoms with E-state index >= 15 is 0 Å². The number of hydrogen-bond donors (Lipinski definition) is 3. The molecule has 0 spiro atoms. The highest BCUT2D eigenvalue weighted by atomic mass is 35.5. The molecule has 25 heavy (non-hydrogen) atoms. The third-order valence-corrected chi connectivity index (χ3v) is 3.95. The van der Waals surface area contributed by atoms with Gasteiger partial charge in [-0.2, -0.15) is 0 Å². The number of hydrogen-bond acceptors (Lipinski definition) is 2. The standard InChI is InChI=1S/C19H22ClN3O2/c1-12(2)17(23-19(25)21-15-7-5-4-6-8-15)18(24)22-16-10-9-14(20)11-13(16)3/h4-12,17H,1-3H3,(H,22,24)(H2,21,23,25). The zero-order valence-corrected chi connectivity index (χ0v) is 15.2. The van der Waals surface area contributed by atoms with E-state index in [-0.39, 0.29) is 11.8 Å². The first kappa shape index (κ1) is 18.8. The van der Waals surface area contributed by atoms with E-state index in [0.29, 0.717) is 16.4 Å². The van der Waals surface area contributed by atoms with Crippen molar-refractivity contribution in [2.75, 3.05) is 10.6 Å². The smallest absolute Gasteiger partial charge is 0.319 e. The highest BCUT2D eigenvalue weighted by Gasteiger charge is 2.24. The van der Waals surface area contributed by atoms with Gasteiger partial charge in [-0.1, -0.05) is 43.6 Å². The van der Waals surface area contributed by atoms with Gasteiger partial charge in [-0.3, -0.25) is 4.79 Å². The predicted octanol–water partition coefficient (Wildman–Crippen LogP) is 4.43. The molecule has 132 valence electrons. The Morgan fingerprint density at radius 2 is 1.68 bits per heavy atom. The average Bonchev–Trinajstić information content (AvgIpc) is 2.55. The number of carbonyl (C=O) groups is 2. The van der Waals surface area contributed by atoms with Gasteiger partial charge in [0.1, 0.15) is 6.04 Å². The first-order chi connectivity index (χ1) is 11.9. The summed E-state index contributed by atoms with van der Waals surface area (Å²) < 4.78 is 0. The summed E-state index contributed by atoms with van der Waals surface area (Å²) in [5.74, 6) is -0.349. The molecule has 0 saturated carbocycles. The quantitative estimate of drug-likeness (QED) is 0.738. The Labute approximate surface area is 152 Å². The number of carbonyl (C=O) groups excluding carboxylic acids is 2. The van der Waals surface area contributed by atoms with Crippen LogP contribution in [0.5, 0.6) is 0 Å². The van der Waals surface area contributed by atoms with Crippen LogP contribution in [-0.4, -0.2) is 18.0 Å². The van der Waals surface area contributed by atoms with Crippen LogP contribution in [0.1, 0.15) is 19.4 Å². The van der Waals surface area contributed by atoms with Gasteiger partial charge in [-0.05, 0) is 48.7 Å². The van der Waals surface area contributed by atoms with Crippen molar-refractivity contribution in [3.8, 4) is 0 Å². The molecule has 5 nitrogen and oxygen atoms in total. The number of aryl methyl sites for hydroxylation is 1. The van der Waals surface area contributed by atoms with Crippen LogP contribution in [-0.2, 0) is 4.79 Å². The van der Waals surface area contributed by atoms with Crippen molar-refractivity contribution >= 4 is 34.9 Å². The van der Waals surface area contributed by atoms with Crippen LogP contribution < -0.4 is 16.0 Å². The molecule has 2 aromatic rings. The molecule has 0 aliphatic carbocycles. The van der Waals surface area contributed by atoms with E-state index < -0.39 is 12.1 Å². The minimum absolute atomic E-state index is 0.0749. The number of amides is 3. The molecule has 6 heteroatoms. The fourth-order valence-corrected chi connectivity index (χ4v) is 2.57. The lowest BCUT2D eigenvalue weighted by molar-refractivity contribution is -0.118. The SMILES string of the molecule is Cc1cc(Cl)ccc1NC(=O)C(NC(=O)Nc1ccccc1)C(C)C. The summed E-state index contributed by atoms with van der Waals surface area (Å²) in [4.78, 5) is 24.8. The summed E-state index contributed by atoms with van der Waals surface area (Å²) >= 11 is 5.93. The minimum Gasteiger partial charge on any atom is -0.326 e. The minimum atomic E-state index is -0.668. The molecule has 0 aromatic heterocycles. The van der Waals surface area contributed by atoms with Gasteiger partial charge < -0.3 is 16.0 Å². The van der Waals surface area contributed by atoms with Crippen molar-refractivity contribution in [3.63, 3.8) is 0 Å². The molecule has 0 radical (unpaired) electrons. The van der Waals surface area contributed by atoms with Crippen LogP contribution in [0.25, 0.3) is 0 Å². The molecule has 0 heterocycles. The highest BCUT2D eigenvalue weighted by molar-refractivity contribution is 6.30. The third-order valence-electron chi connectivity index (χ3n) is 3.71. The summed E-state index contributed by atoms with van der Waals surface area (Å²) in [6, 6.07) is 13.2. The number of benzene rings is 2. The lowest BCUT2D eigenvalue weighted by Gasteiger charge is -2.22. The van der Waals surface area contributed by atoms with Gasteiger partial charge in [0.15, 0.2) is 0 Å². The monoisotopic (exact) mass is 359 g/mol. The summed E-state index contributed by atoms with van der Waals surface area (Å²) in [7, 11) is 0. The maximum atomic E-state index is 12.6. The van der Waals surface area contributed by atoms with Crippen LogP contribution in [0.2, 0.25) is 5.02 Å². The molecule has 1 unspecified atom stereocenters. The Balaban J connectivity index is 2.03. The predicted molar refractivity (Wildman–Crippen MR) is 102 cm³/mol. The fourth-order valence-electron chi connectivity index (χ4n) is 2.34. The van der Waals surface area contributed by atoms with Gasteiger partial charge >= 0.3 is 6.03 Å². The first-order valence-corrected chi connectivity index (χ1v) is 8.44. The molecule has 0 fully saturated rings. The van der Waals surface area contributed by atoms with Gasteiger partial charge in [0.25, 0.3) is 0 Å². The van der Waals surface area contributed by atoms with Crippen LogP contribution >= 0.6 is 11.6 Å². The Bertz CT molecular complexity index is 748. The first-order valence-electron chi connectivity index (χ1n) is 8.06. The highest BCUT2D eigenvalue weighted by Crippen LogP contribution is 2.20. The molecular weight excluding hydrogens is 338 g/mol. The number of para-hydroxylation sites is 1. The van der Waals surface area contributed by atoms with Crippen molar-refractivity contribution in [2.45, 2.75) is 26.8 Å². The molecule has 0 saturated heterocycles. The fraction of sp³-hybridized carbons (Fsp3) is 0.263. The maximum Gasteiger partial charge on any atom is 0.319 e. The van der Waals surface area contributed by atoms with E-state index in [0.717, 1.165) is 5.56 Å². The van der Waals surface area contributed by atoms with Crippen LogP contribution in [0.15, 0.2) is 48.5 Å². The van der Waals surface area contributed by atoms with Crippen molar-refractivity contribution in [3.05, 3.63) is 59.1 Å². The average molecular weight is 360 g/mol. The topological polar surface area (TPSA) is 70.2 Å². The molecule has 0 aliphatic heterocycles. The second-order valence-electron chi connectivity index (χ2n) is 6.13. The molecule has 3 N–H and O–H groups in total. The molecular formula is C19H22ClN3O2. The van der Waals surface area contributed by atoms with Crippen molar-refractivity contribution in [1.29, 1.82) is 0 Å². The maximum absolute atomic E-state index is 12.6. The zero-order chi connectivity index (χ0) is 18.4. The van der Waals surface area contributed by atoms with Gasteiger partial charge in [-0.25, -0.2) is 4.79 Å². The van der Waals surface area contributed by atoms with Gasteiger partial charge in [0.05, 0.1) is 0 Å². The largest absolute Gasteiger partial charge is 0.326 e. The van der Waals surface area contributed by atoms with Crippen LogP contribution in [0, 0.1) is 12.8 Å². The van der Waals surface area contributed by atoms with Crippen molar-refractivity contribution in [1.82, 2.24) is 5.32 Å². The molecule has 0 aliphatic rings. The van der Waals surface area contributed by atoms with E-state index in [1.165, 1.54) is 0 Å². The second-order valence-corrected chi connectivity index (χ2v) is 6.57. The van der Waals surface area contributed by atoms with E-state index in [1.807, 2.05) is 39.0 Å². The van der Waals surface area contributed by atoms with Gasteiger partial charge in [-0.15, -0.1) is 0 Å². The van der Waals surface area contributed by atoms with E-state index in [1.54, 1.807) is 30.3 Å². The Morgan fingerprint density at radius 3 is 2.28 bits per heavy atom. The van der Waals surface area contributed by atoms with E-state index in [2.05, 4.69) is 16.0 Å². The zero-order valence-electron chi connectivity index (χ0n) is 14.5. The van der Waals surface area contributed by atoms with Crippen molar-refractivity contribution in [2.24, 2.45) is 5.92 Å². The molecule has 0 bridgehead atoms. The van der Waals surface area contributed by atoms with Crippen LogP contribution in [0.3, 0.4) is 0 Å². The third kappa shape index (κ3) is 5.50. The molecule has 2 rings (SSSR count). The molecule has 3 amide bonds. The Hall–Kier alpha value is -2.53. The number of anilines is 2. The Morgan fingerprint density at radius 1 is 1.00 bits per heavy atom. The Kier molecular flexibility index (Phi) is 6.42. The lowest BCUT2D eigenvalue weighted by Crippen LogP contribution is -2.48. The molecule has 2 aromatic carbocycles. The number of nitrogens with one attached hydrogen (secondary N) is 3.